The van der Waals surface area contributed by atoms with Gasteiger partial charge in [-0.2, -0.15) is 0 Å². The van der Waals surface area contributed by atoms with Gasteiger partial charge in [0.25, 0.3) is 5.78 Å². The summed E-state index contributed by atoms with van der Waals surface area (Å²) in [5.74, 6) is -2.63. The second kappa shape index (κ2) is 8.75. The van der Waals surface area contributed by atoms with Gasteiger partial charge < -0.3 is 5.11 Å². The summed E-state index contributed by atoms with van der Waals surface area (Å²) in [5.41, 5.74) is 3.23. The Morgan fingerprint density at radius 2 is 1.74 bits per heavy atom. The summed E-state index contributed by atoms with van der Waals surface area (Å²) in [6.45, 7) is 3.90. The maximum absolute atomic E-state index is 13.5. The molecule has 1 aromatic heterocycles. The van der Waals surface area contributed by atoms with Gasteiger partial charge in [-0.25, -0.2) is 9.37 Å². The zero-order chi connectivity index (χ0) is 25.0. The maximum atomic E-state index is 13.5. The number of anilines is 1. The van der Waals surface area contributed by atoms with Crippen LogP contribution >= 0.6 is 34.5 Å². The number of ketones is 1. The van der Waals surface area contributed by atoms with E-state index in [0.29, 0.717) is 15.7 Å². The summed E-state index contributed by atoms with van der Waals surface area (Å²) in [7, 11) is 0. The Kier molecular flexibility index (Phi) is 5.87. The number of aliphatic hydroxyl groups is 1. The van der Waals surface area contributed by atoms with Crippen LogP contribution in [0.1, 0.15) is 28.3 Å². The molecule has 1 fully saturated rings. The largest absolute Gasteiger partial charge is 0.507 e. The number of aliphatic hydroxyl groups excluding tert-OH is 1. The molecule has 0 spiro atoms. The number of nitrogens with zero attached hydrogens (tertiary/aromatic N) is 2. The van der Waals surface area contributed by atoms with Gasteiger partial charge in [0.15, 0.2) is 5.13 Å². The molecule has 2 heterocycles. The number of hydrogen-bond donors (Lipinski definition) is 1. The van der Waals surface area contributed by atoms with Crippen molar-refractivity contribution in [2.75, 3.05) is 4.90 Å². The van der Waals surface area contributed by atoms with Crippen LogP contribution in [0.15, 0.2) is 60.2 Å². The molecule has 9 heteroatoms. The number of carbonyl (C=O) groups excluding carboxylic acids is 2. The average Bonchev–Trinajstić information content (AvgIpc) is 3.34. The summed E-state index contributed by atoms with van der Waals surface area (Å²) in [6, 6.07) is 12.7. The first kappa shape index (κ1) is 23.5. The molecule has 4 aromatic rings. The van der Waals surface area contributed by atoms with Crippen LogP contribution in [0.5, 0.6) is 0 Å². The van der Waals surface area contributed by atoms with Gasteiger partial charge in [0, 0.05) is 5.56 Å². The van der Waals surface area contributed by atoms with Crippen LogP contribution in [0.2, 0.25) is 10.0 Å². The first-order valence-corrected chi connectivity index (χ1v) is 12.1. The molecule has 1 unspecified atom stereocenters. The number of aryl methyl sites for hydroxylation is 2. The van der Waals surface area contributed by atoms with Crippen LogP contribution in [-0.2, 0) is 9.59 Å². The lowest BCUT2D eigenvalue weighted by Crippen LogP contribution is -2.29. The minimum absolute atomic E-state index is 0.146. The molecule has 1 N–H and O–H groups in total. The van der Waals surface area contributed by atoms with E-state index in [9.17, 15) is 19.1 Å². The molecule has 1 aliphatic rings. The van der Waals surface area contributed by atoms with Crippen molar-refractivity contribution in [1.82, 2.24) is 4.98 Å². The van der Waals surface area contributed by atoms with E-state index in [0.717, 1.165) is 33.5 Å². The molecular formula is C26H17Cl2FN2O3S. The van der Waals surface area contributed by atoms with Crippen LogP contribution in [0.4, 0.5) is 9.52 Å². The normalized spacial score (nSPS) is 17.5. The molecular weight excluding hydrogens is 510 g/mol. The number of halogens is 3. The van der Waals surface area contributed by atoms with E-state index in [-0.39, 0.29) is 16.2 Å². The van der Waals surface area contributed by atoms with Gasteiger partial charge >= 0.3 is 5.91 Å². The van der Waals surface area contributed by atoms with E-state index in [1.807, 2.05) is 26.0 Å². The van der Waals surface area contributed by atoms with Crippen LogP contribution in [-0.4, -0.2) is 21.8 Å². The number of carbonyl (C=O) groups is 2. The maximum Gasteiger partial charge on any atom is 0.301 e. The first-order valence-electron chi connectivity index (χ1n) is 10.6. The minimum Gasteiger partial charge on any atom is -0.507 e. The van der Waals surface area contributed by atoms with E-state index >= 15 is 0 Å². The molecule has 0 bridgehead atoms. The molecule has 5 rings (SSSR count). The fourth-order valence-electron chi connectivity index (χ4n) is 4.25. The number of thiazole rings is 1. The molecule has 1 aliphatic heterocycles. The third-order valence-electron chi connectivity index (χ3n) is 5.85. The van der Waals surface area contributed by atoms with E-state index in [1.165, 1.54) is 28.4 Å². The fraction of sp³-hybridized carbons (Fsp3) is 0.115. The van der Waals surface area contributed by atoms with Gasteiger partial charge in [-0.15, -0.1) is 0 Å². The van der Waals surface area contributed by atoms with Crippen LogP contribution in [0.3, 0.4) is 0 Å². The molecule has 0 aliphatic carbocycles. The van der Waals surface area contributed by atoms with E-state index in [2.05, 4.69) is 4.98 Å². The van der Waals surface area contributed by atoms with Crippen LogP contribution in [0, 0.1) is 19.7 Å². The summed E-state index contributed by atoms with van der Waals surface area (Å²) >= 11 is 13.7. The lowest BCUT2D eigenvalue weighted by atomic mass is 9.95. The topological polar surface area (TPSA) is 70.5 Å². The second-order valence-electron chi connectivity index (χ2n) is 8.27. The summed E-state index contributed by atoms with van der Waals surface area (Å²) in [6.07, 6.45) is 0. The highest BCUT2D eigenvalue weighted by atomic mass is 35.5. The van der Waals surface area contributed by atoms with Gasteiger partial charge in [-0.05, 0) is 73.0 Å². The van der Waals surface area contributed by atoms with Crippen molar-refractivity contribution in [2.24, 2.45) is 0 Å². The summed E-state index contributed by atoms with van der Waals surface area (Å²) in [5, 5.41) is 12.0. The standard InChI is InChI=1S/C26H17Cl2FN2O3S/c1-12-9-13(2)21-19(10-12)35-26(30-21)31-22(15-5-8-17(27)18(28)11-15)20(24(33)25(31)34)23(32)14-3-6-16(29)7-4-14/h3-11,22,32H,1-2H3/b23-20+. The Labute approximate surface area is 214 Å². The monoisotopic (exact) mass is 526 g/mol. The molecule has 1 atom stereocenters. The van der Waals surface area contributed by atoms with Crippen molar-refractivity contribution in [1.29, 1.82) is 0 Å². The van der Waals surface area contributed by atoms with Gasteiger partial charge in [-0.1, -0.05) is 46.7 Å². The van der Waals surface area contributed by atoms with E-state index in [4.69, 9.17) is 23.2 Å². The third kappa shape index (κ3) is 3.99. The Hall–Kier alpha value is -3.26. The molecule has 0 saturated carbocycles. The second-order valence-corrected chi connectivity index (χ2v) is 10.1. The number of Topliss-reactive ketones (excluding diaryl/α,β-unsaturated/α-hetero) is 1. The third-order valence-corrected chi connectivity index (χ3v) is 7.59. The van der Waals surface area contributed by atoms with Crippen molar-refractivity contribution in [2.45, 2.75) is 19.9 Å². The molecule has 176 valence electrons. The fourth-order valence-corrected chi connectivity index (χ4v) is 5.73. The average molecular weight is 527 g/mol. The zero-order valence-electron chi connectivity index (χ0n) is 18.5. The summed E-state index contributed by atoms with van der Waals surface area (Å²) in [4.78, 5) is 32.6. The number of amides is 1. The number of aromatic nitrogens is 1. The molecule has 35 heavy (non-hydrogen) atoms. The van der Waals surface area contributed by atoms with E-state index in [1.54, 1.807) is 18.2 Å². The van der Waals surface area contributed by atoms with Gasteiger partial charge in [0.1, 0.15) is 11.6 Å². The Morgan fingerprint density at radius 1 is 1.03 bits per heavy atom. The lowest BCUT2D eigenvalue weighted by molar-refractivity contribution is -0.132. The predicted molar refractivity (Wildman–Crippen MR) is 137 cm³/mol. The molecule has 3 aromatic carbocycles. The van der Waals surface area contributed by atoms with Gasteiger partial charge in [0.05, 0.1) is 31.9 Å². The lowest BCUT2D eigenvalue weighted by Gasteiger charge is -2.23. The Morgan fingerprint density at radius 3 is 2.43 bits per heavy atom. The molecule has 1 saturated heterocycles. The van der Waals surface area contributed by atoms with Crippen molar-refractivity contribution < 1.29 is 19.1 Å². The van der Waals surface area contributed by atoms with Crippen molar-refractivity contribution in [3.05, 3.63) is 98.3 Å². The van der Waals surface area contributed by atoms with Crippen LogP contribution < -0.4 is 4.90 Å². The van der Waals surface area contributed by atoms with Crippen LogP contribution in [0.25, 0.3) is 16.0 Å². The molecule has 5 nitrogen and oxygen atoms in total. The highest BCUT2D eigenvalue weighted by Gasteiger charge is 2.48. The van der Waals surface area contributed by atoms with E-state index < -0.39 is 29.3 Å². The van der Waals surface area contributed by atoms with Crippen molar-refractivity contribution in [3.63, 3.8) is 0 Å². The van der Waals surface area contributed by atoms with Crippen molar-refractivity contribution in [3.8, 4) is 0 Å². The SMILES string of the molecule is Cc1cc(C)c2nc(N3C(=O)C(=O)/C(=C(/O)c4ccc(F)cc4)C3c3ccc(Cl)c(Cl)c3)sc2c1. The number of fused-ring (bicyclic) bond motifs is 1. The number of benzene rings is 3. The van der Waals surface area contributed by atoms with Crippen molar-refractivity contribution >= 4 is 67.3 Å². The highest BCUT2D eigenvalue weighted by Crippen LogP contribution is 2.45. The quantitative estimate of drug-likeness (QED) is 0.177. The van der Waals surface area contributed by atoms with Gasteiger partial charge in [0.2, 0.25) is 0 Å². The highest BCUT2D eigenvalue weighted by molar-refractivity contribution is 7.22. The van der Waals surface area contributed by atoms with Gasteiger partial charge in [-0.3, -0.25) is 14.5 Å². The molecule has 1 amide bonds. The number of hydrogen-bond acceptors (Lipinski definition) is 5. The zero-order valence-corrected chi connectivity index (χ0v) is 20.8. The smallest absolute Gasteiger partial charge is 0.301 e. The summed E-state index contributed by atoms with van der Waals surface area (Å²) < 4.78 is 14.3. The minimum atomic E-state index is -1.02. The first-order chi connectivity index (χ1) is 16.7. The molecule has 0 radical (unpaired) electrons. The Balaban J connectivity index is 1.76. The predicted octanol–water partition coefficient (Wildman–Crippen LogP) is 6.99. The Bertz CT molecular complexity index is 1560. The number of rotatable bonds is 3.